The standard InChI is InChI=1S/C25H25FN2O3/c1-17-24(28-25(31-17)18-9-11-21(26)12-10-18)16-30-23-8-4-7-22(13-23)29-15-20-6-3-2-5-19(20)14-27/h2-3,5-6,9-12,22-23H,4,7-8,13,15-16H2,1H3/t22-,23+/m1/s1. The Morgan fingerprint density at radius 2 is 1.77 bits per heavy atom. The van der Waals surface area contributed by atoms with E-state index in [0.717, 1.165) is 42.5 Å². The van der Waals surface area contributed by atoms with E-state index in [1.807, 2.05) is 31.2 Å². The summed E-state index contributed by atoms with van der Waals surface area (Å²) in [5.41, 5.74) is 3.06. The molecule has 1 fully saturated rings. The smallest absolute Gasteiger partial charge is 0.226 e. The number of halogens is 1. The van der Waals surface area contributed by atoms with Gasteiger partial charge in [-0.25, -0.2) is 9.37 Å². The summed E-state index contributed by atoms with van der Waals surface area (Å²) in [7, 11) is 0. The van der Waals surface area contributed by atoms with Crippen LogP contribution in [0.3, 0.4) is 0 Å². The van der Waals surface area contributed by atoms with E-state index in [4.69, 9.17) is 13.9 Å². The van der Waals surface area contributed by atoms with E-state index >= 15 is 0 Å². The van der Waals surface area contributed by atoms with Gasteiger partial charge in [0.05, 0.1) is 37.1 Å². The predicted octanol–water partition coefficient (Wildman–Crippen LogP) is 5.71. The molecule has 31 heavy (non-hydrogen) atoms. The molecule has 0 amide bonds. The van der Waals surface area contributed by atoms with Crippen LogP contribution in [-0.2, 0) is 22.7 Å². The first-order chi connectivity index (χ1) is 15.1. The minimum absolute atomic E-state index is 0.0929. The van der Waals surface area contributed by atoms with Crippen molar-refractivity contribution in [3.8, 4) is 17.5 Å². The topological polar surface area (TPSA) is 68.3 Å². The SMILES string of the molecule is Cc1oc(-c2ccc(F)cc2)nc1CO[C@H]1CCC[C@@H](OCc2ccccc2C#N)C1. The Hall–Kier alpha value is -3.01. The van der Waals surface area contributed by atoms with Gasteiger partial charge in [-0.3, -0.25) is 0 Å². The summed E-state index contributed by atoms with van der Waals surface area (Å²) in [5.74, 6) is 0.883. The van der Waals surface area contributed by atoms with Gasteiger partial charge < -0.3 is 13.9 Å². The van der Waals surface area contributed by atoms with Crippen LogP contribution in [0.5, 0.6) is 0 Å². The van der Waals surface area contributed by atoms with Gasteiger partial charge in [-0.1, -0.05) is 18.2 Å². The minimum Gasteiger partial charge on any atom is -0.441 e. The second kappa shape index (κ2) is 9.86. The molecule has 0 saturated heterocycles. The third-order valence-corrected chi connectivity index (χ3v) is 5.63. The Bertz CT molecular complexity index is 1060. The lowest BCUT2D eigenvalue weighted by Gasteiger charge is -2.29. The summed E-state index contributed by atoms with van der Waals surface area (Å²) in [6.45, 7) is 2.66. The van der Waals surface area contributed by atoms with Crippen molar-refractivity contribution in [1.82, 2.24) is 4.98 Å². The van der Waals surface area contributed by atoms with Gasteiger partial charge in [0.1, 0.15) is 17.3 Å². The van der Waals surface area contributed by atoms with Crippen molar-refractivity contribution in [3.63, 3.8) is 0 Å². The molecule has 1 aromatic heterocycles. The molecular formula is C25H25FN2O3. The number of nitrogens with zero attached hydrogens (tertiary/aromatic N) is 2. The molecule has 160 valence electrons. The number of rotatable bonds is 7. The van der Waals surface area contributed by atoms with Gasteiger partial charge >= 0.3 is 0 Å². The maximum absolute atomic E-state index is 13.1. The fraction of sp³-hybridized carbons (Fsp3) is 0.360. The van der Waals surface area contributed by atoms with Crippen LogP contribution in [0.2, 0.25) is 0 Å². The van der Waals surface area contributed by atoms with Gasteiger partial charge in [0.15, 0.2) is 0 Å². The highest BCUT2D eigenvalue weighted by atomic mass is 19.1. The summed E-state index contributed by atoms with van der Waals surface area (Å²) in [6.07, 6.45) is 4.03. The van der Waals surface area contributed by atoms with E-state index in [1.54, 1.807) is 12.1 Å². The Morgan fingerprint density at radius 3 is 2.52 bits per heavy atom. The van der Waals surface area contributed by atoms with E-state index in [2.05, 4.69) is 11.1 Å². The summed E-state index contributed by atoms with van der Waals surface area (Å²) in [5, 5.41) is 9.23. The lowest BCUT2D eigenvalue weighted by molar-refractivity contribution is -0.0563. The van der Waals surface area contributed by atoms with Gasteiger partial charge in [-0.15, -0.1) is 0 Å². The molecule has 4 rings (SSSR count). The number of ether oxygens (including phenoxy) is 2. The van der Waals surface area contributed by atoms with Crippen LogP contribution < -0.4 is 0 Å². The van der Waals surface area contributed by atoms with Gasteiger partial charge in [0, 0.05) is 5.56 Å². The van der Waals surface area contributed by atoms with Crippen LogP contribution in [0, 0.1) is 24.1 Å². The molecule has 0 bridgehead atoms. The average molecular weight is 420 g/mol. The zero-order chi connectivity index (χ0) is 21.6. The van der Waals surface area contributed by atoms with E-state index in [0.29, 0.717) is 30.4 Å². The van der Waals surface area contributed by atoms with Crippen LogP contribution in [-0.4, -0.2) is 17.2 Å². The fourth-order valence-corrected chi connectivity index (χ4v) is 3.84. The lowest BCUT2D eigenvalue weighted by atomic mass is 9.94. The Labute approximate surface area is 181 Å². The molecule has 1 saturated carbocycles. The number of oxazole rings is 1. The first-order valence-electron chi connectivity index (χ1n) is 10.6. The monoisotopic (exact) mass is 420 g/mol. The molecule has 0 N–H and O–H groups in total. The molecule has 0 spiro atoms. The van der Waals surface area contributed by atoms with Crippen molar-refractivity contribution in [1.29, 1.82) is 5.26 Å². The first-order valence-corrected chi connectivity index (χ1v) is 10.6. The molecule has 0 unspecified atom stereocenters. The molecule has 5 nitrogen and oxygen atoms in total. The molecule has 3 aromatic rings. The molecule has 2 atom stereocenters. The number of hydrogen-bond acceptors (Lipinski definition) is 5. The van der Waals surface area contributed by atoms with Crippen LogP contribution in [0.25, 0.3) is 11.5 Å². The number of benzene rings is 2. The highest BCUT2D eigenvalue weighted by Gasteiger charge is 2.24. The van der Waals surface area contributed by atoms with Gasteiger partial charge in [0.25, 0.3) is 0 Å². The molecule has 6 heteroatoms. The Morgan fingerprint density at radius 1 is 1.06 bits per heavy atom. The second-order valence-electron chi connectivity index (χ2n) is 7.83. The number of hydrogen-bond donors (Lipinski definition) is 0. The van der Waals surface area contributed by atoms with Crippen molar-refractivity contribution in [2.45, 2.75) is 58.0 Å². The second-order valence-corrected chi connectivity index (χ2v) is 7.83. The maximum atomic E-state index is 13.1. The summed E-state index contributed by atoms with van der Waals surface area (Å²) in [6, 6.07) is 15.8. The van der Waals surface area contributed by atoms with Crippen molar-refractivity contribution < 1.29 is 18.3 Å². The number of aryl methyl sites for hydroxylation is 1. The molecule has 0 radical (unpaired) electrons. The molecule has 1 aliphatic rings. The molecular weight excluding hydrogens is 395 g/mol. The number of aromatic nitrogens is 1. The Kier molecular flexibility index (Phi) is 6.76. The van der Waals surface area contributed by atoms with E-state index < -0.39 is 0 Å². The quantitative estimate of drug-likeness (QED) is 0.490. The van der Waals surface area contributed by atoms with Crippen molar-refractivity contribution in [2.24, 2.45) is 0 Å². The van der Waals surface area contributed by atoms with Crippen molar-refractivity contribution >= 4 is 0 Å². The van der Waals surface area contributed by atoms with Crippen molar-refractivity contribution in [2.75, 3.05) is 0 Å². The molecule has 1 aliphatic carbocycles. The van der Waals surface area contributed by atoms with Crippen molar-refractivity contribution in [3.05, 3.63) is 76.9 Å². The van der Waals surface area contributed by atoms with E-state index in [-0.39, 0.29) is 18.0 Å². The predicted molar refractivity (Wildman–Crippen MR) is 113 cm³/mol. The third kappa shape index (κ3) is 5.38. The largest absolute Gasteiger partial charge is 0.441 e. The van der Waals surface area contributed by atoms with E-state index in [1.165, 1.54) is 12.1 Å². The van der Waals surface area contributed by atoms with Crippen LogP contribution in [0.15, 0.2) is 52.9 Å². The van der Waals surface area contributed by atoms with Crippen LogP contribution in [0.1, 0.15) is 48.3 Å². The summed E-state index contributed by atoms with van der Waals surface area (Å²) in [4.78, 5) is 4.53. The summed E-state index contributed by atoms with van der Waals surface area (Å²) >= 11 is 0. The van der Waals surface area contributed by atoms with Gasteiger partial charge in [0.2, 0.25) is 5.89 Å². The Balaban J connectivity index is 1.31. The highest BCUT2D eigenvalue weighted by Crippen LogP contribution is 2.27. The minimum atomic E-state index is -0.291. The average Bonchev–Trinajstić information content (AvgIpc) is 3.17. The third-order valence-electron chi connectivity index (χ3n) is 5.63. The first kappa shape index (κ1) is 21.2. The maximum Gasteiger partial charge on any atom is 0.226 e. The zero-order valence-electron chi connectivity index (χ0n) is 17.5. The lowest BCUT2D eigenvalue weighted by Crippen LogP contribution is -2.28. The fourth-order valence-electron chi connectivity index (χ4n) is 3.84. The van der Waals surface area contributed by atoms with Crippen LogP contribution in [0.4, 0.5) is 4.39 Å². The number of nitriles is 1. The van der Waals surface area contributed by atoms with Gasteiger partial charge in [-0.2, -0.15) is 5.26 Å². The molecule has 2 aromatic carbocycles. The normalized spacial score (nSPS) is 18.6. The van der Waals surface area contributed by atoms with Gasteiger partial charge in [-0.05, 0) is 68.5 Å². The van der Waals surface area contributed by atoms with Crippen LogP contribution >= 0.6 is 0 Å². The summed E-state index contributed by atoms with van der Waals surface area (Å²) < 4.78 is 31.1. The highest BCUT2D eigenvalue weighted by molar-refractivity contribution is 5.53. The molecule has 1 heterocycles. The van der Waals surface area contributed by atoms with E-state index in [9.17, 15) is 9.65 Å². The zero-order valence-corrected chi connectivity index (χ0v) is 17.5. The molecule has 0 aliphatic heterocycles.